The number of rotatable bonds is 4. The number of ether oxygens (including phenoxy) is 1. The molecule has 1 saturated heterocycles. The normalized spacial score (nSPS) is 15.0. The van der Waals surface area contributed by atoms with Crippen LogP contribution in [0.4, 0.5) is 11.6 Å². The number of nitrogens with zero attached hydrogens (tertiary/aromatic N) is 3. The number of anilines is 2. The van der Waals surface area contributed by atoms with E-state index in [0.29, 0.717) is 0 Å². The second kappa shape index (κ2) is 6.54. The van der Waals surface area contributed by atoms with Gasteiger partial charge in [-0.05, 0) is 12.5 Å². The van der Waals surface area contributed by atoms with Crippen LogP contribution >= 0.6 is 0 Å². The summed E-state index contributed by atoms with van der Waals surface area (Å²) in [6, 6.07) is 10.5. The molecule has 0 aliphatic carbocycles. The van der Waals surface area contributed by atoms with Crippen molar-refractivity contribution in [3.05, 3.63) is 47.8 Å². The standard InChI is InChI=1S/C16H20N4O/c1-13-3-2-4-14(9-13)11-17-15-10-16(19-12-18-15)20-5-7-21-8-6-20/h2-4,9-10,12H,5-8,11H2,1H3,(H,17,18,19). The summed E-state index contributed by atoms with van der Waals surface area (Å²) in [7, 11) is 0. The Morgan fingerprint density at radius 1 is 1.19 bits per heavy atom. The van der Waals surface area contributed by atoms with Gasteiger partial charge in [-0.15, -0.1) is 0 Å². The highest BCUT2D eigenvalue weighted by Crippen LogP contribution is 2.16. The molecule has 0 bridgehead atoms. The minimum atomic E-state index is 0.760. The maximum atomic E-state index is 5.37. The predicted molar refractivity (Wildman–Crippen MR) is 83.6 cm³/mol. The van der Waals surface area contributed by atoms with Gasteiger partial charge in [-0.2, -0.15) is 0 Å². The summed E-state index contributed by atoms with van der Waals surface area (Å²) in [5.41, 5.74) is 2.52. The van der Waals surface area contributed by atoms with Gasteiger partial charge < -0.3 is 15.0 Å². The maximum Gasteiger partial charge on any atom is 0.134 e. The summed E-state index contributed by atoms with van der Waals surface area (Å²) in [4.78, 5) is 10.9. The highest BCUT2D eigenvalue weighted by molar-refractivity contribution is 5.49. The van der Waals surface area contributed by atoms with Gasteiger partial charge in [-0.25, -0.2) is 9.97 Å². The lowest BCUT2D eigenvalue weighted by molar-refractivity contribution is 0.122. The van der Waals surface area contributed by atoms with E-state index in [9.17, 15) is 0 Å². The van der Waals surface area contributed by atoms with Crippen LogP contribution in [-0.2, 0) is 11.3 Å². The molecule has 3 rings (SSSR count). The van der Waals surface area contributed by atoms with Crippen molar-refractivity contribution in [3.63, 3.8) is 0 Å². The molecule has 0 unspecified atom stereocenters. The van der Waals surface area contributed by atoms with Crippen LogP contribution in [0.1, 0.15) is 11.1 Å². The Labute approximate surface area is 125 Å². The van der Waals surface area contributed by atoms with Crippen LogP contribution in [0.25, 0.3) is 0 Å². The second-order valence-corrected chi connectivity index (χ2v) is 5.20. The van der Waals surface area contributed by atoms with Gasteiger partial charge in [0.1, 0.15) is 18.0 Å². The molecule has 1 aliphatic rings. The highest BCUT2D eigenvalue weighted by atomic mass is 16.5. The second-order valence-electron chi connectivity index (χ2n) is 5.20. The first-order valence-electron chi connectivity index (χ1n) is 7.25. The van der Waals surface area contributed by atoms with Gasteiger partial charge in [0.15, 0.2) is 0 Å². The number of hydrogen-bond acceptors (Lipinski definition) is 5. The van der Waals surface area contributed by atoms with Crippen molar-refractivity contribution < 1.29 is 4.74 Å². The number of benzene rings is 1. The molecular weight excluding hydrogens is 264 g/mol. The number of nitrogens with one attached hydrogen (secondary N) is 1. The topological polar surface area (TPSA) is 50.3 Å². The lowest BCUT2D eigenvalue weighted by Crippen LogP contribution is -2.36. The summed E-state index contributed by atoms with van der Waals surface area (Å²) in [6.07, 6.45) is 1.61. The molecule has 1 aromatic heterocycles. The van der Waals surface area contributed by atoms with Crippen molar-refractivity contribution in [2.75, 3.05) is 36.5 Å². The molecular formula is C16H20N4O. The maximum absolute atomic E-state index is 5.37. The Morgan fingerprint density at radius 3 is 2.86 bits per heavy atom. The highest BCUT2D eigenvalue weighted by Gasteiger charge is 2.12. The molecule has 5 heteroatoms. The number of aromatic nitrogens is 2. The van der Waals surface area contributed by atoms with E-state index in [1.807, 2.05) is 6.07 Å². The van der Waals surface area contributed by atoms with Crippen LogP contribution in [0.15, 0.2) is 36.7 Å². The van der Waals surface area contributed by atoms with Gasteiger partial charge in [0.2, 0.25) is 0 Å². The number of morpholine rings is 1. The third-order valence-corrected chi connectivity index (χ3v) is 3.54. The molecule has 2 aromatic rings. The third-order valence-electron chi connectivity index (χ3n) is 3.54. The first-order valence-corrected chi connectivity index (χ1v) is 7.25. The minimum absolute atomic E-state index is 0.760. The first-order chi connectivity index (χ1) is 10.3. The van der Waals surface area contributed by atoms with E-state index in [1.165, 1.54) is 11.1 Å². The smallest absolute Gasteiger partial charge is 0.134 e. The summed E-state index contributed by atoms with van der Waals surface area (Å²) in [5.74, 6) is 1.81. The molecule has 0 saturated carbocycles. The van der Waals surface area contributed by atoms with E-state index < -0.39 is 0 Å². The van der Waals surface area contributed by atoms with Gasteiger partial charge in [0.05, 0.1) is 13.2 Å². The summed E-state index contributed by atoms with van der Waals surface area (Å²) >= 11 is 0. The molecule has 0 atom stereocenters. The molecule has 1 aromatic carbocycles. The van der Waals surface area contributed by atoms with Gasteiger partial charge in [0.25, 0.3) is 0 Å². The van der Waals surface area contributed by atoms with Gasteiger partial charge in [0, 0.05) is 25.7 Å². The zero-order valence-electron chi connectivity index (χ0n) is 12.2. The van der Waals surface area contributed by atoms with Crippen LogP contribution in [0, 0.1) is 6.92 Å². The van der Waals surface area contributed by atoms with Crippen molar-refractivity contribution in [2.45, 2.75) is 13.5 Å². The Hall–Kier alpha value is -2.14. The molecule has 1 fully saturated rings. The molecule has 1 aliphatic heterocycles. The Morgan fingerprint density at radius 2 is 2.05 bits per heavy atom. The molecule has 110 valence electrons. The van der Waals surface area contributed by atoms with Crippen LogP contribution in [-0.4, -0.2) is 36.3 Å². The van der Waals surface area contributed by atoms with E-state index >= 15 is 0 Å². The Bertz CT molecular complexity index is 596. The molecule has 0 amide bonds. The number of hydrogen-bond donors (Lipinski definition) is 1. The van der Waals surface area contributed by atoms with Crippen molar-refractivity contribution in [2.24, 2.45) is 0 Å². The predicted octanol–water partition coefficient (Wildman–Crippen LogP) is 2.23. The van der Waals surface area contributed by atoms with Gasteiger partial charge in [-0.1, -0.05) is 29.8 Å². The van der Waals surface area contributed by atoms with E-state index in [1.54, 1.807) is 6.33 Å². The minimum Gasteiger partial charge on any atom is -0.378 e. The zero-order chi connectivity index (χ0) is 14.5. The van der Waals surface area contributed by atoms with E-state index in [0.717, 1.165) is 44.5 Å². The summed E-state index contributed by atoms with van der Waals surface area (Å²) in [5, 5.41) is 3.36. The van der Waals surface area contributed by atoms with Crippen molar-refractivity contribution in [3.8, 4) is 0 Å². The quantitative estimate of drug-likeness (QED) is 0.933. The van der Waals surface area contributed by atoms with Crippen LogP contribution in [0.2, 0.25) is 0 Å². The van der Waals surface area contributed by atoms with Crippen molar-refractivity contribution in [1.82, 2.24) is 9.97 Å². The molecule has 0 spiro atoms. The van der Waals surface area contributed by atoms with Gasteiger partial charge >= 0.3 is 0 Å². The Kier molecular flexibility index (Phi) is 4.31. The van der Waals surface area contributed by atoms with Crippen molar-refractivity contribution >= 4 is 11.6 Å². The number of aryl methyl sites for hydroxylation is 1. The van der Waals surface area contributed by atoms with Crippen molar-refractivity contribution in [1.29, 1.82) is 0 Å². The molecule has 2 heterocycles. The van der Waals surface area contributed by atoms with E-state index in [4.69, 9.17) is 4.74 Å². The molecule has 1 N–H and O–H groups in total. The fraction of sp³-hybridized carbons (Fsp3) is 0.375. The largest absolute Gasteiger partial charge is 0.378 e. The average Bonchev–Trinajstić information content (AvgIpc) is 2.54. The van der Waals surface area contributed by atoms with E-state index in [-0.39, 0.29) is 0 Å². The molecule has 0 radical (unpaired) electrons. The lowest BCUT2D eigenvalue weighted by atomic mass is 10.1. The molecule has 21 heavy (non-hydrogen) atoms. The SMILES string of the molecule is Cc1cccc(CNc2cc(N3CCOCC3)ncn2)c1. The fourth-order valence-electron chi connectivity index (χ4n) is 2.42. The van der Waals surface area contributed by atoms with Crippen LogP contribution < -0.4 is 10.2 Å². The Balaban J connectivity index is 1.65. The van der Waals surface area contributed by atoms with Gasteiger partial charge in [-0.3, -0.25) is 0 Å². The lowest BCUT2D eigenvalue weighted by Gasteiger charge is -2.27. The zero-order valence-corrected chi connectivity index (χ0v) is 12.2. The first kappa shape index (κ1) is 13.8. The van der Waals surface area contributed by atoms with E-state index in [2.05, 4.69) is 51.4 Å². The summed E-state index contributed by atoms with van der Waals surface area (Å²) in [6.45, 7) is 6.15. The van der Waals surface area contributed by atoms with Crippen LogP contribution in [0.3, 0.4) is 0 Å². The monoisotopic (exact) mass is 284 g/mol. The summed E-state index contributed by atoms with van der Waals surface area (Å²) < 4.78 is 5.37. The van der Waals surface area contributed by atoms with Crippen LogP contribution in [0.5, 0.6) is 0 Å². The fourth-order valence-corrected chi connectivity index (χ4v) is 2.42. The average molecular weight is 284 g/mol. The molecule has 5 nitrogen and oxygen atoms in total. The third kappa shape index (κ3) is 3.70.